The van der Waals surface area contributed by atoms with Crippen molar-refractivity contribution in [3.63, 3.8) is 0 Å². The molecule has 1 atom stereocenters. The van der Waals surface area contributed by atoms with Crippen molar-refractivity contribution in [3.8, 4) is 5.75 Å². The van der Waals surface area contributed by atoms with Crippen LogP contribution in [0.4, 0.5) is 0 Å². The summed E-state index contributed by atoms with van der Waals surface area (Å²) in [7, 11) is 0. The molecule has 0 bridgehead atoms. The Hall–Kier alpha value is -1.55. The molecule has 0 fully saturated rings. The van der Waals surface area contributed by atoms with E-state index in [0.29, 0.717) is 25.6 Å². The number of ether oxygens (including phenoxy) is 2. The standard InChI is InChI=1S/C15H22O4/c1-4-18-13-8-6-5-7-12(13)9-14(15(16)17)19-10-11(2)3/h5-8,11,14H,4,9-10H2,1-3H3,(H,16,17)/t14-/m0/s1. The first kappa shape index (κ1) is 15.5. The molecular formula is C15H22O4. The van der Waals surface area contributed by atoms with Crippen molar-refractivity contribution in [2.24, 2.45) is 5.92 Å². The molecule has 0 heterocycles. The molecule has 0 spiro atoms. The van der Waals surface area contributed by atoms with Crippen molar-refractivity contribution in [1.82, 2.24) is 0 Å². The highest BCUT2D eigenvalue weighted by molar-refractivity contribution is 5.73. The van der Waals surface area contributed by atoms with E-state index in [4.69, 9.17) is 9.47 Å². The molecule has 0 aliphatic heterocycles. The van der Waals surface area contributed by atoms with Crippen LogP contribution >= 0.6 is 0 Å². The van der Waals surface area contributed by atoms with Crippen LogP contribution in [0.5, 0.6) is 5.75 Å². The summed E-state index contributed by atoms with van der Waals surface area (Å²) in [5.41, 5.74) is 0.862. The van der Waals surface area contributed by atoms with E-state index in [1.165, 1.54) is 0 Å². The summed E-state index contributed by atoms with van der Waals surface area (Å²) in [6.45, 7) is 6.89. The topological polar surface area (TPSA) is 55.8 Å². The van der Waals surface area contributed by atoms with E-state index in [1.807, 2.05) is 45.0 Å². The van der Waals surface area contributed by atoms with Gasteiger partial charge in [-0.25, -0.2) is 4.79 Å². The monoisotopic (exact) mass is 266 g/mol. The highest BCUT2D eigenvalue weighted by Gasteiger charge is 2.20. The van der Waals surface area contributed by atoms with Gasteiger partial charge < -0.3 is 14.6 Å². The van der Waals surface area contributed by atoms with Crippen molar-refractivity contribution >= 4 is 5.97 Å². The van der Waals surface area contributed by atoms with Gasteiger partial charge in [0.2, 0.25) is 0 Å². The molecular weight excluding hydrogens is 244 g/mol. The number of hydrogen-bond donors (Lipinski definition) is 1. The van der Waals surface area contributed by atoms with Crippen LogP contribution in [-0.4, -0.2) is 30.4 Å². The van der Waals surface area contributed by atoms with Crippen molar-refractivity contribution in [1.29, 1.82) is 0 Å². The van der Waals surface area contributed by atoms with Gasteiger partial charge in [0.05, 0.1) is 13.2 Å². The Balaban J connectivity index is 2.75. The Morgan fingerprint density at radius 1 is 1.32 bits per heavy atom. The Morgan fingerprint density at radius 3 is 2.58 bits per heavy atom. The van der Waals surface area contributed by atoms with Crippen molar-refractivity contribution in [2.45, 2.75) is 33.3 Å². The number of rotatable bonds is 8. The van der Waals surface area contributed by atoms with Gasteiger partial charge in [0.25, 0.3) is 0 Å². The SMILES string of the molecule is CCOc1ccccc1C[C@H](OCC(C)C)C(=O)O. The van der Waals surface area contributed by atoms with Gasteiger partial charge in [0.15, 0.2) is 6.10 Å². The summed E-state index contributed by atoms with van der Waals surface area (Å²) in [4.78, 5) is 11.2. The van der Waals surface area contributed by atoms with Crippen LogP contribution in [0.25, 0.3) is 0 Å². The minimum absolute atomic E-state index is 0.309. The predicted molar refractivity (Wildman–Crippen MR) is 73.5 cm³/mol. The number of carboxylic acid groups (broad SMARTS) is 1. The molecule has 0 saturated carbocycles. The maximum Gasteiger partial charge on any atom is 0.333 e. The van der Waals surface area contributed by atoms with Crippen LogP contribution in [0, 0.1) is 5.92 Å². The lowest BCUT2D eigenvalue weighted by molar-refractivity contribution is -0.150. The minimum atomic E-state index is -0.938. The average Bonchev–Trinajstić information content (AvgIpc) is 2.36. The smallest absolute Gasteiger partial charge is 0.333 e. The van der Waals surface area contributed by atoms with Gasteiger partial charge in [-0.3, -0.25) is 0 Å². The second-order valence-electron chi connectivity index (χ2n) is 4.80. The van der Waals surface area contributed by atoms with E-state index >= 15 is 0 Å². The summed E-state index contributed by atoms with van der Waals surface area (Å²) in [5.74, 6) is 0.0975. The molecule has 0 aliphatic carbocycles. The first-order valence-electron chi connectivity index (χ1n) is 6.59. The van der Waals surface area contributed by atoms with E-state index in [0.717, 1.165) is 11.3 Å². The number of carboxylic acids is 1. The van der Waals surface area contributed by atoms with Gasteiger partial charge in [0, 0.05) is 6.42 Å². The third-order valence-corrected chi connectivity index (χ3v) is 2.58. The molecule has 1 rings (SSSR count). The zero-order valence-electron chi connectivity index (χ0n) is 11.8. The largest absolute Gasteiger partial charge is 0.494 e. The molecule has 0 amide bonds. The van der Waals surface area contributed by atoms with E-state index < -0.39 is 12.1 Å². The molecule has 1 N–H and O–H groups in total. The first-order chi connectivity index (χ1) is 9.04. The van der Waals surface area contributed by atoms with E-state index in [2.05, 4.69) is 0 Å². The number of para-hydroxylation sites is 1. The lowest BCUT2D eigenvalue weighted by Crippen LogP contribution is -2.28. The van der Waals surface area contributed by atoms with Gasteiger partial charge >= 0.3 is 5.97 Å². The quantitative estimate of drug-likeness (QED) is 0.786. The van der Waals surface area contributed by atoms with Crippen LogP contribution in [0.2, 0.25) is 0 Å². The molecule has 4 heteroatoms. The summed E-state index contributed by atoms with van der Waals surface area (Å²) >= 11 is 0. The number of carbonyl (C=O) groups is 1. The molecule has 1 aromatic rings. The molecule has 0 saturated heterocycles. The molecule has 0 aliphatic rings. The third kappa shape index (κ3) is 5.30. The zero-order valence-corrected chi connectivity index (χ0v) is 11.8. The van der Waals surface area contributed by atoms with Crippen LogP contribution < -0.4 is 4.74 Å². The van der Waals surface area contributed by atoms with Gasteiger partial charge in [-0.1, -0.05) is 32.0 Å². The third-order valence-electron chi connectivity index (χ3n) is 2.58. The van der Waals surface area contributed by atoms with E-state index in [-0.39, 0.29) is 0 Å². The maximum absolute atomic E-state index is 11.2. The second kappa shape index (κ2) is 7.79. The van der Waals surface area contributed by atoms with Crippen molar-refractivity contribution in [3.05, 3.63) is 29.8 Å². The van der Waals surface area contributed by atoms with Crippen LogP contribution in [0.3, 0.4) is 0 Å². The maximum atomic E-state index is 11.2. The Morgan fingerprint density at radius 2 is 2.00 bits per heavy atom. The van der Waals surface area contributed by atoms with Crippen LogP contribution in [0.15, 0.2) is 24.3 Å². The highest BCUT2D eigenvalue weighted by atomic mass is 16.5. The van der Waals surface area contributed by atoms with Gasteiger partial charge in [-0.15, -0.1) is 0 Å². The average molecular weight is 266 g/mol. The Bertz CT molecular complexity index is 401. The first-order valence-corrected chi connectivity index (χ1v) is 6.59. The van der Waals surface area contributed by atoms with Gasteiger partial charge in [-0.05, 0) is 24.5 Å². The zero-order chi connectivity index (χ0) is 14.3. The molecule has 0 unspecified atom stereocenters. The molecule has 1 aromatic carbocycles. The molecule has 19 heavy (non-hydrogen) atoms. The fraction of sp³-hybridized carbons (Fsp3) is 0.533. The number of aliphatic carboxylic acids is 1. The van der Waals surface area contributed by atoms with E-state index in [1.54, 1.807) is 0 Å². The van der Waals surface area contributed by atoms with Crippen LogP contribution in [0.1, 0.15) is 26.3 Å². The Kier molecular flexibility index (Phi) is 6.36. The summed E-state index contributed by atoms with van der Waals surface area (Å²) in [5, 5.41) is 9.20. The van der Waals surface area contributed by atoms with Crippen LogP contribution in [-0.2, 0) is 16.0 Å². The molecule has 0 aromatic heterocycles. The molecule has 4 nitrogen and oxygen atoms in total. The summed E-state index contributed by atoms with van der Waals surface area (Å²) < 4.78 is 10.9. The molecule has 106 valence electrons. The van der Waals surface area contributed by atoms with Gasteiger partial charge in [-0.2, -0.15) is 0 Å². The predicted octanol–water partition coefficient (Wildman–Crippen LogP) is 2.75. The van der Waals surface area contributed by atoms with Crippen molar-refractivity contribution in [2.75, 3.05) is 13.2 Å². The minimum Gasteiger partial charge on any atom is -0.494 e. The second-order valence-corrected chi connectivity index (χ2v) is 4.80. The lowest BCUT2D eigenvalue weighted by Gasteiger charge is -2.17. The van der Waals surface area contributed by atoms with E-state index in [9.17, 15) is 9.90 Å². The van der Waals surface area contributed by atoms with Crippen molar-refractivity contribution < 1.29 is 19.4 Å². The summed E-state index contributed by atoms with van der Waals surface area (Å²) in [6.07, 6.45) is -0.512. The number of hydrogen-bond acceptors (Lipinski definition) is 3. The fourth-order valence-electron chi connectivity index (χ4n) is 1.69. The molecule has 0 radical (unpaired) electrons. The fourth-order valence-corrected chi connectivity index (χ4v) is 1.69. The van der Waals surface area contributed by atoms with Gasteiger partial charge in [0.1, 0.15) is 5.75 Å². The summed E-state index contributed by atoms with van der Waals surface area (Å²) in [6, 6.07) is 7.47. The Labute approximate surface area is 114 Å². The highest BCUT2D eigenvalue weighted by Crippen LogP contribution is 2.20. The number of benzene rings is 1. The lowest BCUT2D eigenvalue weighted by atomic mass is 10.1. The normalized spacial score (nSPS) is 12.4.